The highest BCUT2D eigenvalue weighted by atomic mass is 19.1. The molecule has 84 valence electrons. The summed E-state index contributed by atoms with van der Waals surface area (Å²) in [6.07, 6.45) is 2.11. The van der Waals surface area contributed by atoms with E-state index in [9.17, 15) is 9.18 Å². The van der Waals surface area contributed by atoms with Crippen molar-refractivity contribution < 1.29 is 9.18 Å². The van der Waals surface area contributed by atoms with E-state index in [1.165, 1.54) is 0 Å². The van der Waals surface area contributed by atoms with Crippen LogP contribution in [0.2, 0.25) is 0 Å². The van der Waals surface area contributed by atoms with E-state index < -0.39 is 11.2 Å². The summed E-state index contributed by atoms with van der Waals surface area (Å²) in [5.41, 5.74) is 0.0737. The average Bonchev–Trinajstić information content (AvgIpc) is 2.15. The molecule has 1 aromatic carbocycles. The molecule has 0 heterocycles. The molecule has 1 aliphatic carbocycles. The third kappa shape index (κ3) is 1.68. The fourth-order valence-electron chi connectivity index (χ4n) is 2.68. The summed E-state index contributed by atoms with van der Waals surface area (Å²) in [5.74, 6) is 0. The van der Waals surface area contributed by atoms with Gasteiger partial charge in [-0.15, -0.1) is 0 Å². The van der Waals surface area contributed by atoms with E-state index in [4.69, 9.17) is 0 Å². The number of rotatable bonds is 2. The quantitative estimate of drug-likeness (QED) is 0.555. The molecule has 0 aromatic heterocycles. The van der Waals surface area contributed by atoms with E-state index in [2.05, 4.69) is 4.99 Å². The van der Waals surface area contributed by atoms with E-state index >= 15 is 0 Å². The maximum atomic E-state index is 13.7. The summed E-state index contributed by atoms with van der Waals surface area (Å²) >= 11 is 0. The van der Waals surface area contributed by atoms with Gasteiger partial charge in [-0.1, -0.05) is 24.3 Å². The van der Waals surface area contributed by atoms with Gasteiger partial charge in [0.25, 0.3) is 0 Å². The molecule has 0 radical (unpaired) electrons. The van der Waals surface area contributed by atoms with Gasteiger partial charge in [-0.3, -0.25) is 0 Å². The number of benzene rings is 1. The van der Waals surface area contributed by atoms with Gasteiger partial charge < -0.3 is 0 Å². The zero-order chi connectivity index (χ0) is 11.8. The number of carbonyl (C=O) groups excluding carboxylic acids is 1. The number of aryl methyl sites for hydroxylation is 1. The highest BCUT2D eigenvalue weighted by Gasteiger charge is 2.54. The molecule has 16 heavy (non-hydrogen) atoms. The molecule has 0 N–H and O–H groups in total. The Hall–Kier alpha value is -1.47. The molecule has 0 spiro atoms. The minimum atomic E-state index is -1.22. The summed E-state index contributed by atoms with van der Waals surface area (Å²) in [5, 5.41) is 0. The maximum absolute atomic E-state index is 13.7. The first-order valence-electron chi connectivity index (χ1n) is 5.33. The molecule has 0 bridgehead atoms. The lowest BCUT2D eigenvalue weighted by atomic mass is 9.63. The fourth-order valence-corrected chi connectivity index (χ4v) is 2.68. The van der Waals surface area contributed by atoms with E-state index in [0.29, 0.717) is 0 Å². The van der Waals surface area contributed by atoms with Crippen LogP contribution in [0.15, 0.2) is 29.3 Å². The average molecular weight is 219 g/mol. The molecule has 1 aromatic rings. The van der Waals surface area contributed by atoms with Crippen LogP contribution in [0.1, 0.15) is 30.9 Å². The lowest BCUT2D eigenvalue weighted by Crippen LogP contribution is -2.49. The highest BCUT2D eigenvalue weighted by Crippen LogP contribution is 2.53. The number of hydrogen-bond acceptors (Lipinski definition) is 2. The summed E-state index contributed by atoms with van der Waals surface area (Å²) in [6, 6.07) is 7.67. The third-order valence-electron chi connectivity index (χ3n) is 3.23. The molecule has 2 rings (SSSR count). The minimum absolute atomic E-state index is 0.264. The number of aliphatic imine (C=N–C) groups is 1. The molecule has 1 saturated carbocycles. The molecule has 1 aliphatic rings. The Bertz CT molecular complexity index is 453. The Balaban J connectivity index is 2.44. The summed E-state index contributed by atoms with van der Waals surface area (Å²) in [6.45, 7) is 3.50. The molecule has 0 amide bonds. The SMILES string of the molecule is Cc1ccccc1C1(N=C=O)CC(C)(F)C1. The molecule has 1 fully saturated rings. The molecule has 0 unspecified atom stereocenters. The van der Waals surface area contributed by atoms with Crippen molar-refractivity contribution >= 4 is 6.08 Å². The third-order valence-corrected chi connectivity index (χ3v) is 3.23. The van der Waals surface area contributed by atoms with Crippen LogP contribution in [-0.4, -0.2) is 11.7 Å². The lowest BCUT2D eigenvalue weighted by molar-refractivity contribution is 0.00256. The van der Waals surface area contributed by atoms with Crippen LogP contribution in [0.5, 0.6) is 0 Å². The Labute approximate surface area is 94.2 Å². The molecule has 0 atom stereocenters. The summed E-state index contributed by atoms with van der Waals surface area (Å²) in [4.78, 5) is 14.3. The highest BCUT2D eigenvalue weighted by molar-refractivity contribution is 5.43. The van der Waals surface area contributed by atoms with Gasteiger partial charge in [0, 0.05) is 12.8 Å². The fraction of sp³-hybridized carbons (Fsp3) is 0.462. The zero-order valence-corrected chi connectivity index (χ0v) is 9.46. The molecule has 0 saturated heterocycles. The lowest BCUT2D eigenvalue weighted by Gasteiger charge is -2.47. The molecule has 0 aliphatic heterocycles. The smallest absolute Gasteiger partial charge is 0.235 e. The second-order valence-electron chi connectivity index (χ2n) is 4.82. The number of hydrogen-bond donors (Lipinski definition) is 0. The van der Waals surface area contributed by atoms with Gasteiger partial charge in [0.15, 0.2) is 0 Å². The number of alkyl halides is 1. The van der Waals surface area contributed by atoms with Crippen LogP contribution in [0.4, 0.5) is 4.39 Å². The molecule has 2 nitrogen and oxygen atoms in total. The zero-order valence-electron chi connectivity index (χ0n) is 9.46. The van der Waals surface area contributed by atoms with E-state index in [0.717, 1.165) is 11.1 Å². The Morgan fingerprint density at radius 3 is 2.50 bits per heavy atom. The van der Waals surface area contributed by atoms with Gasteiger partial charge in [0.1, 0.15) is 11.2 Å². The number of halogens is 1. The maximum Gasteiger partial charge on any atom is 0.235 e. The standard InChI is InChI=1S/C13H14FNO/c1-10-5-3-4-6-11(10)13(15-9-16)7-12(2,14)8-13/h3-6H,7-8H2,1-2H3. The van der Waals surface area contributed by atoms with Crippen molar-refractivity contribution in [1.82, 2.24) is 0 Å². The van der Waals surface area contributed by atoms with E-state index in [1.54, 1.807) is 13.0 Å². The normalized spacial score (nSPS) is 32.7. The van der Waals surface area contributed by atoms with Gasteiger partial charge in [-0.25, -0.2) is 9.18 Å². The predicted octanol–water partition coefficient (Wildman–Crippen LogP) is 3.05. The molecular weight excluding hydrogens is 205 g/mol. The van der Waals surface area contributed by atoms with Crippen LogP contribution in [0.3, 0.4) is 0 Å². The van der Waals surface area contributed by atoms with Crippen molar-refractivity contribution in [2.45, 2.75) is 37.9 Å². The first-order valence-corrected chi connectivity index (χ1v) is 5.33. The van der Waals surface area contributed by atoms with E-state index in [1.807, 2.05) is 31.2 Å². The Morgan fingerprint density at radius 1 is 1.38 bits per heavy atom. The van der Waals surface area contributed by atoms with Crippen LogP contribution in [-0.2, 0) is 10.3 Å². The van der Waals surface area contributed by atoms with Gasteiger partial charge in [0.05, 0.1) is 0 Å². The Morgan fingerprint density at radius 2 is 2.00 bits per heavy atom. The van der Waals surface area contributed by atoms with Gasteiger partial charge >= 0.3 is 0 Å². The summed E-state index contributed by atoms with van der Waals surface area (Å²) < 4.78 is 13.7. The van der Waals surface area contributed by atoms with Crippen LogP contribution >= 0.6 is 0 Å². The number of nitrogens with zero attached hydrogens (tertiary/aromatic N) is 1. The van der Waals surface area contributed by atoms with E-state index in [-0.39, 0.29) is 12.8 Å². The molecule has 3 heteroatoms. The largest absolute Gasteiger partial charge is 0.244 e. The van der Waals surface area contributed by atoms with Crippen molar-refractivity contribution in [2.24, 2.45) is 4.99 Å². The van der Waals surface area contributed by atoms with Crippen molar-refractivity contribution in [2.75, 3.05) is 0 Å². The molecular formula is C13H14FNO. The summed E-state index contributed by atoms with van der Waals surface area (Å²) in [7, 11) is 0. The van der Waals surface area contributed by atoms with Crippen molar-refractivity contribution in [3.05, 3.63) is 35.4 Å². The second kappa shape index (κ2) is 3.53. The van der Waals surface area contributed by atoms with Crippen molar-refractivity contribution in [3.8, 4) is 0 Å². The van der Waals surface area contributed by atoms with Gasteiger partial charge in [-0.2, -0.15) is 4.99 Å². The predicted molar refractivity (Wildman–Crippen MR) is 59.7 cm³/mol. The monoisotopic (exact) mass is 219 g/mol. The first kappa shape index (κ1) is 11.0. The van der Waals surface area contributed by atoms with Crippen molar-refractivity contribution in [1.29, 1.82) is 0 Å². The van der Waals surface area contributed by atoms with Gasteiger partial charge in [0.2, 0.25) is 6.08 Å². The van der Waals surface area contributed by atoms with Crippen LogP contribution < -0.4 is 0 Å². The van der Waals surface area contributed by atoms with Crippen LogP contribution in [0, 0.1) is 6.92 Å². The number of isocyanates is 1. The van der Waals surface area contributed by atoms with Crippen LogP contribution in [0.25, 0.3) is 0 Å². The topological polar surface area (TPSA) is 29.4 Å². The first-order chi connectivity index (χ1) is 7.49. The van der Waals surface area contributed by atoms with Gasteiger partial charge in [-0.05, 0) is 25.0 Å². The van der Waals surface area contributed by atoms with Crippen molar-refractivity contribution in [3.63, 3.8) is 0 Å². The minimum Gasteiger partial charge on any atom is -0.244 e. The second-order valence-corrected chi connectivity index (χ2v) is 4.82. The Kier molecular flexibility index (Phi) is 2.43.